The van der Waals surface area contributed by atoms with Crippen LogP contribution in [-0.4, -0.2) is 95.8 Å². The molecule has 0 aromatic carbocycles. The molecule has 0 aromatic heterocycles. The summed E-state index contributed by atoms with van der Waals surface area (Å²) in [6, 6.07) is 0. The molecule has 8 nitrogen and oxygen atoms in total. The van der Waals surface area contributed by atoms with Crippen molar-refractivity contribution in [3.8, 4) is 0 Å². The molecule has 0 saturated carbocycles. The molecule has 226 valence electrons. The normalized spacial score (nSPS) is 12.3. The molecule has 0 spiro atoms. The van der Waals surface area contributed by atoms with Crippen LogP contribution in [0.3, 0.4) is 0 Å². The first-order valence-corrected chi connectivity index (χ1v) is 15.3. The van der Waals surface area contributed by atoms with Crippen molar-refractivity contribution in [1.29, 1.82) is 0 Å². The predicted octanol–water partition coefficient (Wildman–Crippen LogP) is 6.76. The standard InChI is InChI=1S/C30H61N3O5/c1-7-8-9-10-11-12-13-14-15-16-17-18-19-20-21-22-25-36-26-28(38-30(35)32(2)3)27-37-29(34)31-23-24-33(4,5)6/h28H,7-27H2,1-6H3/p+1. The van der Waals surface area contributed by atoms with E-state index in [1.54, 1.807) is 14.1 Å². The SMILES string of the molecule is CCCCCCCCCCCCCCCCCCOCC(COC(=O)NCC[N+](C)(C)C)OC(=O)N(C)C. The lowest BCUT2D eigenvalue weighted by Crippen LogP contribution is -2.42. The highest BCUT2D eigenvalue weighted by atomic mass is 16.6. The van der Waals surface area contributed by atoms with Gasteiger partial charge in [-0.25, -0.2) is 9.59 Å². The Balaban J connectivity index is 3.78. The Hall–Kier alpha value is -1.54. The molecule has 0 heterocycles. The zero-order valence-corrected chi connectivity index (χ0v) is 25.9. The zero-order valence-electron chi connectivity index (χ0n) is 25.9. The molecule has 0 fully saturated rings. The zero-order chi connectivity index (χ0) is 28.5. The predicted molar refractivity (Wildman–Crippen MR) is 157 cm³/mol. The second kappa shape index (κ2) is 24.5. The Kier molecular flexibility index (Phi) is 23.5. The first-order chi connectivity index (χ1) is 18.2. The van der Waals surface area contributed by atoms with E-state index in [9.17, 15) is 9.59 Å². The summed E-state index contributed by atoms with van der Waals surface area (Å²) in [7, 11) is 9.41. The number of ether oxygens (including phenoxy) is 3. The number of alkyl carbamates (subject to hydrolysis) is 1. The van der Waals surface area contributed by atoms with Gasteiger partial charge in [-0.3, -0.25) is 0 Å². The van der Waals surface area contributed by atoms with Crippen LogP contribution >= 0.6 is 0 Å². The molecule has 1 atom stereocenters. The quantitative estimate of drug-likeness (QED) is 0.101. The molecule has 1 unspecified atom stereocenters. The summed E-state index contributed by atoms with van der Waals surface area (Å²) in [6.45, 7) is 4.37. The van der Waals surface area contributed by atoms with Crippen LogP contribution < -0.4 is 5.32 Å². The molecular weight excluding hydrogens is 482 g/mol. The van der Waals surface area contributed by atoms with Crippen molar-refractivity contribution >= 4 is 12.2 Å². The largest absolute Gasteiger partial charge is 0.446 e. The van der Waals surface area contributed by atoms with E-state index < -0.39 is 18.3 Å². The van der Waals surface area contributed by atoms with Gasteiger partial charge in [0.1, 0.15) is 6.61 Å². The summed E-state index contributed by atoms with van der Waals surface area (Å²) in [5.74, 6) is 0. The molecule has 38 heavy (non-hydrogen) atoms. The third kappa shape index (κ3) is 26.1. The van der Waals surface area contributed by atoms with Gasteiger partial charge in [0.2, 0.25) is 0 Å². The van der Waals surface area contributed by atoms with E-state index in [1.165, 1.54) is 94.8 Å². The average Bonchev–Trinajstić information content (AvgIpc) is 2.85. The lowest BCUT2D eigenvalue weighted by molar-refractivity contribution is -0.869. The maximum Gasteiger partial charge on any atom is 0.409 e. The number of quaternary nitrogens is 1. The minimum Gasteiger partial charge on any atom is -0.446 e. The minimum absolute atomic E-state index is 0.0330. The summed E-state index contributed by atoms with van der Waals surface area (Å²) in [5.41, 5.74) is 0. The lowest BCUT2D eigenvalue weighted by atomic mass is 10.0. The summed E-state index contributed by atoms with van der Waals surface area (Å²) < 4.78 is 17.2. The van der Waals surface area contributed by atoms with Crippen LogP contribution in [0.5, 0.6) is 0 Å². The van der Waals surface area contributed by atoms with Crippen molar-refractivity contribution in [1.82, 2.24) is 10.2 Å². The van der Waals surface area contributed by atoms with Gasteiger partial charge in [-0.1, -0.05) is 103 Å². The number of carbonyl (C=O) groups excluding carboxylic acids is 2. The van der Waals surface area contributed by atoms with E-state index >= 15 is 0 Å². The van der Waals surface area contributed by atoms with E-state index in [1.807, 2.05) is 0 Å². The van der Waals surface area contributed by atoms with E-state index in [2.05, 4.69) is 33.4 Å². The lowest BCUT2D eigenvalue weighted by Gasteiger charge is -2.24. The van der Waals surface area contributed by atoms with Crippen molar-refractivity contribution in [2.75, 3.05) is 68.1 Å². The molecule has 8 heteroatoms. The highest BCUT2D eigenvalue weighted by Gasteiger charge is 2.19. The molecule has 0 radical (unpaired) electrons. The van der Waals surface area contributed by atoms with Gasteiger partial charge in [0.15, 0.2) is 6.10 Å². The Bertz CT molecular complexity index is 567. The van der Waals surface area contributed by atoms with Gasteiger partial charge in [-0.05, 0) is 6.42 Å². The summed E-state index contributed by atoms with van der Waals surface area (Å²) in [5, 5.41) is 2.73. The molecular formula is C30H62N3O5+. The third-order valence-corrected chi connectivity index (χ3v) is 6.53. The van der Waals surface area contributed by atoms with E-state index in [4.69, 9.17) is 14.2 Å². The molecule has 0 aliphatic carbocycles. The topological polar surface area (TPSA) is 77.1 Å². The first kappa shape index (κ1) is 36.5. The summed E-state index contributed by atoms with van der Waals surface area (Å²) >= 11 is 0. The number of unbranched alkanes of at least 4 members (excludes halogenated alkanes) is 15. The number of nitrogens with zero attached hydrogens (tertiary/aromatic N) is 2. The van der Waals surface area contributed by atoms with Gasteiger partial charge in [0, 0.05) is 20.7 Å². The van der Waals surface area contributed by atoms with Crippen molar-refractivity contribution in [2.24, 2.45) is 0 Å². The highest BCUT2D eigenvalue weighted by Crippen LogP contribution is 2.13. The van der Waals surface area contributed by atoms with Crippen molar-refractivity contribution in [2.45, 2.75) is 116 Å². The Morgan fingerprint density at radius 1 is 0.737 bits per heavy atom. The van der Waals surface area contributed by atoms with E-state index in [0.29, 0.717) is 13.2 Å². The molecule has 1 N–H and O–H groups in total. The number of rotatable bonds is 25. The molecule has 0 rings (SSSR count). The van der Waals surface area contributed by atoms with Crippen LogP contribution in [0.25, 0.3) is 0 Å². The van der Waals surface area contributed by atoms with E-state index in [-0.39, 0.29) is 13.2 Å². The number of hydrogen-bond donors (Lipinski definition) is 1. The Morgan fingerprint density at radius 3 is 1.66 bits per heavy atom. The average molecular weight is 545 g/mol. The van der Waals surface area contributed by atoms with Gasteiger partial charge in [0.25, 0.3) is 0 Å². The van der Waals surface area contributed by atoms with Crippen molar-refractivity contribution in [3.05, 3.63) is 0 Å². The van der Waals surface area contributed by atoms with Gasteiger partial charge >= 0.3 is 12.2 Å². The fourth-order valence-electron chi connectivity index (χ4n) is 4.04. The Labute approximate surface area is 234 Å². The van der Waals surface area contributed by atoms with E-state index in [0.717, 1.165) is 23.9 Å². The van der Waals surface area contributed by atoms with Crippen molar-refractivity contribution < 1.29 is 28.3 Å². The molecule has 2 amide bonds. The van der Waals surface area contributed by atoms with Crippen LogP contribution in [0, 0.1) is 0 Å². The second-order valence-corrected chi connectivity index (χ2v) is 11.8. The fourth-order valence-corrected chi connectivity index (χ4v) is 4.04. The van der Waals surface area contributed by atoms with Gasteiger partial charge in [0.05, 0.1) is 40.8 Å². The molecule has 0 aliphatic rings. The van der Waals surface area contributed by atoms with Crippen LogP contribution in [0.1, 0.15) is 110 Å². The smallest absolute Gasteiger partial charge is 0.409 e. The number of nitrogens with one attached hydrogen (secondary N) is 1. The van der Waals surface area contributed by atoms with Crippen LogP contribution in [0.2, 0.25) is 0 Å². The maximum absolute atomic E-state index is 12.0. The number of hydrogen-bond acceptors (Lipinski definition) is 5. The van der Waals surface area contributed by atoms with Crippen molar-refractivity contribution in [3.63, 3.8) is 0 Å². The maximum atomic E-state index is 12.0. The van der Waals surface area contributed by atoms with Gasteiger partial charge in [-0.2, -0.15) is 0 Å². The van der Waals surface area contributed by atoms with Gasteiger partial charge < -0.3 is 28.9 Å². The van der Waals surface area contributed by atoms with Crippen LogP contribution in [0.4, 0.5) is 9.59 Å². The minimum atomic E-state index is -0.630. The number of carbonyl (C=O) groups is 2. The number of likely N-dealkylation sites (N-methyl/N-ethyl adjacent to an activating group) is 1. The summed E-state index contributed by atoms with van der Waals surface area (Å²) in [4.78, 5) is 25.3. The molecule has 0 aromatic rings. The second-order valence-electron chi connectivity index (χ2n) is 11.8. The fraction of sp³-hybridized carbons (Fsp3) is 0.933. The number of amides is 2. The summed E-state index contributed by atoms with van der Waals surface area (Å²) in [6.07, 6.45) is 19.7. The first-order valence-electron chi connectivity index (χ1n) is 15.3. The van der Waals surface area contributed by atoms with Crippen LogP contribution in [-0.2, 0) is 14.2 Å². The highest BCUT2D eigenvalue weighted by molar-refractivity contribution is 5.68. The third-order valence-electron chi connectivity index (χ3n) is 6.53. The monoisotopic (exact) mass is 544 g/mol. The van der Waals surface area contributed by atoms with Gasteiger partial charge in [-0.15, -0.1) is 0 Å². The molecule has 0 saturated heterocycles. The molecule has 0 aliphatic heterocycles. The van der Waals surface area contributed by atoms with Crippen LogP contribution in [0.15, 0.2) is 0 Å². The Morgan fingerprint density at radius 2 is 1.21 bits per heavy atom. The molecule has 0 bridgehead atoms.